The molecule has 3 heteroatoms. The largest absolute Gasteiger partial charge is 0.374 e. The third-order valence-corrected chi connectivity index (χ3v) is 4.15. The zero-order chi connectivity index (χ0) is 13.1. The second-order valence-electron chi connectivity index (χ2n) is 5.64. The van der Waals surface area contributed by atoms with Gasteiger partial charge in [-0.25, -0.2) is 0 Å². The molecule has 1 fully saturated rings. The average molecular weight is 311 g/mol. The van der Waals surface area contributed by atoms with E-state index in [2.05, 4.69) is 65.2 Å². The zero-order valence-corrected chi connectivity index (χ0v) is 13.1. The summed E-state index contributed by atoms with van der Waals surface area (Å²) in [6, 6.07) is 7.21. The molecule has 1 N–H and O–H groups in total. The molecule has 0 bridgehead atoms. The lowest BCUT2D eigenvalue weighted by Crippen LogP contribution is -2.22. The molecule has 0 aliphatic heterocycles. The van der Waals surface area contributed by atoms with Crippen LogP contribution in [0, 0.1) is 5.92 Å². The Morgan fingerprint density at radius 3 is 2.67 bits per heavy atom. The molecule has 1 aromatic rings. The van der Waals surface area contributed by atoms with Gasteiger partial charge < -0.3 is 10.2 Å². The second-order valence-corrected chi connectivity index (χ2v) is 6.49. The van der Waals surface area contributed by atoms with E-state index in [4.69, 9.17) is 0 Å². The maximum atomic E-state index is 3.68. The van der Waals surface area contributed by atoms with Crippen molar-refractivity contribution in [3.05, 3.63) is 28.2 Å². The Bertz CT molecular complexity index is 399. The van der Waals surface area contributed by atoms with E-state index in [1.807, 2.05) is 0 Å². The van der Waals surface area contributed by atoms with Gasteiger partial charge in [0, 0.05) is 36.3 Å². The number of benzene rings is 1. The van der Waals surface area contributed by atoms with E-state index in [9.17, 15) is 0 Å². The van der Waals surface area contributed by atoms with Gasteiger partial charge in [-0.3, -0.25) is 0 Å². The van der Waals surface area contributed by atoms with Gasteiger partial charge in [-0.1, -0.05) is 35.8 Å². The third-order valence-electron chi connectivity index (χ3n) is 3.41. The van der Waals surface area contributed by atoms with Gasteiger partial charge in [-0.05, 0) is 36.5 Å². The summed E-state index contributed by atoms with van der Waals surface area (Å²) in [6.45, 7) is 6.46. The van der Waals surface area contributed by atoms with E-state index in [0.29, 0.717) is 6.04 Å². The van der Waals surface area contributed by atoms with Gasteiger partial charge in [0.2, 0.25) is 0 Å². The fourth-order valence-electron chi connectivity index (χ4n) is 2.02. The molecule has 0 amide bonds. The van der Waals surface area contributed by atoms with Crippen molar-refractivity contribution in [3.8, 4) is 0 Å². The summed E-state index contributed by atoms with van der Waals surface area (Å²) >= 11 is 3.68. The summed E-state index contributed by atoms with van der Waals surface area (Å²) in [5.41, 5.74) is 2.63. The van der Waals surface area contributed by atoms with Crippen molar-refractivity contribution >= 4 is 21.6 Å². The molecule has 2 rings (SSSR count). The molecule has 18 heavy (non-hydrogen) atoms. The lowest BCUT2D eigenvalue weighted by atomic mass is 10.2. The van der Waals surface area contributed by atoms with Crippen LogP contribution in [0.15, 0.2) is 22.7 Å². The monoisotopic (exact) mass is 310 g/mol. The predicted molar refractivity (Wildman–Crippen MR) is 82.1 cm³/mol. The molecule has 1 saturated carbocycles. The highest BCUT2D eigenvalue weighted by molar-refractivity contribution is 9.10. The van der Waals surface area contributed by atoms with E-state index in [-0.39, 0.29) is 0 Å². The molecule has 0 heterocycles. The van der Waals surface area contributed by atoms with Crippen LogP contribution in [0.1, 0.15) is 32.3 Å². The van der Waals surface area contributed by atoms with Crippen LogP contribution in [-0.4, -0.2) is 19.6 Å². The van der Waals surface area contributed by atoms with Crippen molar-refractivity contribution in [2.75, 3.05) is 18.5 Å². The van der Waals surface area contributed by atoms with Gasteiger partial charge in [0.25, 0.3) is 0 Å². The van der Waals surface area contributed by atoms with Gasteiger partial charge in [0.15, 0.2) is 0 Å². The standard InChI is InChI=1S/C15H23BrN2/c1-11(2)17-9-13-6-7-14(8-15(13)16)18(3)10-12-4-5-12/h6-8,11-12,17H,4-5,9-10H2,1-3H3. The van der Waals surface area contributed by atoms with Gasteiger partial charge in [0.1, 0.15) is 0 Å². The fraction of sp³-hybridized carbons (Fsp3) is 0.600. The lowest BCUT2D eigenvalue weighted by Gasteiger charge is -2.20. The van der Waals surface area contributed by atoms with Crippen LogP contribution in [-0.2, 0) is 6.54 Å². The molecule has 0 aromatic heterocycles. The van der Waals surface area contributed by atoms with Crippen molar-refractivity contribution < 1.29 is 0 Å². The Balaban J connectivity index is 1.98. The molecule has 1 aromatic carbocycles. The Kier molecular flexibility index (Phi) is 4.68. The molecule has 2 nitrogen and oxygen atoms in total. The van der Waals surface area contributed by atoms with Crippen molar-refractivity contribution in [1.82, 2.24) is 5.32 Å². The molecule has 1 aliphatic carbocycles. The minimum atomic E-state index is 0.522. The molecule has 1 aliphatic rings. The molecule has 100 valence electrons. The highest BCUT2D eigenvalue weighted by atomic mass is 79.9. The SMILES string of the molecule is CC(C)NCc1ccc(N(C)CC2CC2)cc1Br. The van der Waals surface area contributed by atoms with E-state index >= 15 is 0 Å². The van der Waals surface area contributed by atoms with Gasteiger partial charge in [0.05, 0.1) is 0 Å². The first-order valence-corrected chi connectivity index (χ1v) is 7.58. The Morgan fingerprint density at radius 2 is 2.11 bits per heavy atom. The number of nitrogens with zero attached hydrogens (tertiary/aromatic N) is 1. The van der Waals surface area contributed by atoms with Crippen LogP contribution in [0.25, 0.3) is 0 Å². The molecule has 0 atom stereocenters. The van der Waals surface area contributed by atoms with Crippen LogP contribution < -0.4 is 10.2 Å². The maximum absolute atomic E-state index is 3.68. The number of halogens is 1. The Morgan fingerprint density at radius 1 is 1.39 bits per heavy atom. The fourth-order valence-corrected chi connectivity index (χ4v) is 2.53. The molecular formula is C15H23BrN2. The lowest BCUT2D eigenvalue weighted by molar-refractivity contribution is 0.588. The summed E-state index contributed by atoms with van der Waals surface area (Å²) in [5, 5.41) is 3.45. The third kappa shape index (κ3) is 3.99. The summed E-state index contributed by atoms with van der Waals surface area (Å²) in [7, 11) is 2.19. The van der Waals surface area contributed by atoms with Crippen LogP contribution in [0.3, 0.4) is 0 Å². The van der Waals surface area contributed by atoms with Crippen molar-refractivity contribution in [3.63, 3.8) is 0 Å². The summed E-state index contributed by atoms with van der Waals surface area (Å²) in [5.74, 6) is 0.927. The molecule has 0 unspecified atom stereocenters. The van der Waals surface area contributed by atoms with Crippen molar-refractivity contribution in [2.24, 2.45) is 5.92 Å². The first-order chi connectivity index (χ1) is 8.56. The number of anilines is 1. The molecule has 0 spiro atoms. The first-order valence-electron chi connectivity index (χ1n) is 6.79. The van der Waals surface area contributed by atoms with E-state index in [1.54, 1.807) is 0 Å². The molecule has 0 radical (unpaired) electrons. The number of rotatable bonds is 6. The van der Waals surface area contributed by atoms with Crippen molar-refractivity contribution in [1.29, 1.82) is 0 Å². The molecular weight excluding hydrogens is 288 g/mol. The Labute approximate surface area is 119 Å². The maximum Gasteiger partial charge on any atom is 0.0375 e. The van der Waals surface area contributed by atoms with E-state index < -0.39 is 0 Å². The highest BCUT2D eigenvalue weighted by Gasteiger charge is 2.23. The predicted octanol–water partition coefficient (Wildman–Crippen LogP) is 3.79. The summed E-state index contributed by atoms with van der Waals surface area (Å²) < 4.78 is 1.20. The average Bonchev–Trinajstić information content (AvgIpc) is 3.11. The first kappa shape index (κ1) is 13.9. The summed E-state index contributed by atoms with van der Waals surface area (Å²) in [4.78, 5) is 2.36. The van der Waals surface area contributed by atoms with Gasteiger partial charge in [-0.15, -0.1) is 0 Å². The van der Waals surface area contributed by atoms with Crippen LogP contribution in [0.2, 0.25) is 0 Å². The zero-order valence-electron chi connectivity index (χ0n) is 11.5. The van der Waals surface area contributed by atoms with Crippen molar-refractivity contribution in [2.45, 2.75) is 39.3 Å². The van der Waals surface area contributed by atoms with Gasteiger partial charge >= 0.3 is 0 Å². The van der Waals surface area contributed by atoms with Crippen LogP contribution >= 0.6 is 15.9 Å². The normalized spacial score (nSPS) is 15.2. The Hall–Kier alpha value is -0.540. The van der Waals surface area contributed by atoms with E-state index in [0.717, 1.165) is 12.5 Å². The summed E-state index contributed by atoms with van der Waals surface area (Å²) in [6.07, 6.45) is 2.81. The van der Waals surface area contributed by atoms with Crippen LogP contribution in [0.5, 0.6) is 0 Å². The number of hydrogen-bond donors (Lipinski definition) is 1. The topological polar surface area (TPSA) is 15.3 Å². The smallest absolute Gasteiger partial charge is 0.0375 e. The second kappa shape index (κ2) is 6.07. The minimum Gasteiger partial charge on any atom is -0.374 e. The highest BCUT2D eigenvalue weighted by Crippen LogP contribution is 2.31. The number of hydrogen-bond acceptors (Lipinski definition) is 2. The van der Waals surface area contributed by atoms with Gasteiger partial charge in [-0.2, -0.15) is 0 Å². The van der Waals surface area contributed by atoms with E-state index in [1.165, 1.54) is 35.1 Å². The molecule has 0 saturated heterocycles. The van der Waals surface area contributed by atoms with Crippen LogP contribution in [0.4, 0.5) is 5.69 Å². The number of nitrogens with one attached hydrogen (secondary N) is 1. The minimum absolute atomic E-state index is 0.522. The quantitative estimate of drug-likeness (QED) is 0.860.